The monoisotopic (exact) mass is 255 g/mol. The minimum atomic E-state index is 0.589. The summed E-state index contributed by atoms with van der Waals surface area (Å²) in [6, 6.07) is 8.43. The van der Waals surface area contributed by atoms with Gasteiger partial charge in [0.05, 0.1) is 0 Å². The van der Waals surface area contributed by atoms with Crippen LogP contribution in [-0.2, 0) is 7.05 Å². The zero-order valence-electron chi connectivity index (χ0n) is 11.7. The Bertz CT molecular complexity index is 575. The molecule has 1 heterocycles. The Kier molecular flexibility index (Phi) is 3.05. The Morgan fingerprint density at radius 2 is 1.79 bits per heavy atom. The molecule has 3 nitrogen and oxygen atoms in total. The Balaban J connectivity index is 2.02. The third-order valence-electron chi connectivity index (χ3n) is 4.22. The number of nitrogen functional groups attached to an aromatic ring is 1. The van der Waals surface area contributed by atoms with Crippen molar-refractivity contribution in [2.45, 2.75) is 38.5 Å². The number of nitrogens with zero attached hydrogens (tertiary/aromatic N) is 2. The van der Waals surface area contributed by atoms with E-state index in [0.29, 0.717) is 5.92 Å². The van der Waals surface area contributed by atoms with Crippen LogP contribution < -0.4 is 5.73 Å². The number of hydrogen-bond donors (Lipinski definition) is 1. The van der Waals surface area contributed by atoms with Gasteiger partial charge in [-0.25, -0.2) is 4.98 Å². The number of anilines is 1. The van der Waals surface area contributed by atoms with Crippen molar-refractivity contribution in [2.75, 3.05) is 5.73 Å². The summed E-state index contributed by atoms with van der Waals surface area (Å²) in [4.78, 5) is 4.83. The second kappa shape index (κ2) is 4.72. The molecule has 0 unspecified atom stereocenters. The van der Waals surface area contributed by atoms with Crippen molar-refractivity contribution < 1.29 is 0 Å². The largest absolute Gasteiger partial charge is 0.383 e. The summed E-state index contributed by atoms with van der Waals surface area (Å²) >= 11 is 0. The van der Waals surface area contributed by atoms with E-state index in [9.17, 15) is 0 Å². The molecular formula is C16H21N3. The summed E-state index contributed by atoms with van der Waals surface area (Å²) in [5.41, 5.74) is 9.55. The molecule has 0 atom stereocenters. The van der Waals surface area contributed by atoms with Gasteiger partial charge in [0.2, 0.25) is 0 Å². The minimum Gasteiger partial charge on any atom is -0.383 e. The number of hydrogen-bond acceptors (Lipinski definition) is 2. The number of rotatable bonds is 2. The van der Waals surface area contributed by atoms with E-state index in [-0.39, 0.29) is 0 Å². The van der Waals surface area contributed by atoms with Crippen molar-refractivity contribution in [3.63, 3.8) is 0 Å². The number of benzene rings is 1. The second-order valence-electron chi connectivity index (χ2n) is 5.61. The van der Waals surface area contributed by atoms with Crippen LogP contribution in [0.15, 0.2) is 24.3 Å². The van der Waals surface area contributed by atoms with Crippen LogP contribution in [0.4, 0.5) is 5.82 Å². The first-order valence-corrected chi connectivity index (χ1v) is 7.06. The highest BCUT2D eigenvalue weighted by atomic mass is 15.1. The number of aryl methyl sites for hydroxylation is 1. The topological polar surface area (TPSA) is 43.8 Å². The summed E-state index contributed by atoms with van der Waals surface area (Å²) in [5, 5.41) is 0. The molecule has 1 aromatic carbocycles. The Morgan fingerprint density at radius 1 is 1.16 bits per heavy atom. The molecule has 0 bridgehead atoms. The van der Waals surface area contributed by atoms with Crippen LogP contribution in [0.5, 0.6) is 0 Å². The van der Waals surface area contributed by atoms with E-state index in [0.717, 1.165) is 22.9 Å². The van der Waals surface area contributed by atoms with Crippen LogP contribution in [0.1, 0.15) is 43.0 Å². The van der Waals surface area contributed by atoms with Crippen molar-refractivity contribution in [3.8, 4) is 11.3 Å². The van der Waals surface area contributed by atoms with Crippen LogP contribution in [0.25, 0.3) is 11.3 Å². The molecule has 1 aliphatic carbocycles. The third-order valence-corrected chi connectivity index (χ3v) is 4.22. The fraction of sp³-hybridized carbons (Fsp3) is 0.438. The lowest BCUT2D eigenvalue weighted by molar-refractivity contribution is 0.635. The molecule has 0 saturated heterocycles. The number of imidazole rings is 1. The van der Waals surface area contributed by atoms with Gasteiger partial charge in [-0.1, -0.05) is 42.7 Å². The Hall–Kier alpha value is -1.77. The molecule has 0 aliphatic heterocycles. The number of aromatic nitrogens is 2. The van der Waals surface area contributed by atoms with E-state index in [2.05, 4.69) is 35.8 Å². The molecule has 2 N–H and O–H groups in total. The van der Waals surface area contributed by atoms with Crippen LogP contribution >= 0.6 is 0 Å². The smallest absolute Gasteiger partial charge is 0.131 e. The molecule has 1 aromatic heterocycles. The maximum atomic E-state index is 6.24. The van der Waals surface area contributed by atoms with Crippen LogP contribution in [-0.4, -0.2) is 9.55 Å². The van der Waals surface area contributed by atoms with E-state index in [1.54, 1.807) is 0 Å². The van der Waals surface area contributed by atoms with E-state index in [1.165, 1.54) is 31.2 Å². The SMILES string of the molecule is Cc1ccc(-c2nc(C3CCCC3)n(C)c2N)cc1. The van der Waals surface area contributed by atoms with Gasteiger partial charge in [0.15, 0.2) is 0 Å². The van der Waals surface area contributed by atoms with Crippen LogP contribution in [0.2, 0.25) is 0 Å². The van der Waals surface area contributed by atoms with Gasteiger partial charge < -0.3 is 10.3 Å². The molecule has 1 fully saturated rings. The second-order valence-corrected chi connectivity index (χ2v) is 5.61. The molecule has 3 heteroatoms. The molecule has 1 saturated carbocycles. The van der Waals surface area contributed by atoms with E-state index < -0.39 is 0 Å². The van der Waals surface area contributed by atoms with Crippen molar-refractivity contribution in [3.05, 3.63) is 35.7 Å². The Morgan fingerprint density at radius 3 is 2.42 bits per heavy atom. The zero-order chi connectivity index (χ0) is 13.4. The quantitative estimate of drug-likeness (QED) is 0.890. The standard InChI is InChI=1S/C16H21N3/c1-11-7-9-12(10-8-11)14-15(17)19(2)16(18-14)13-5-3-4-6-13/h7-10,13H,3-6,17H2,1-2H3. The van der Waals surface area contributed by atoms with Gasteiger partial charge in [0.25, 0.3) is 0 Å². The highest BCUT2D eigenvalue weighted by Crippen LogP contribution is 2.36. The maximum Gasteiger partial charge on any atom is 0.131 e. The van der Waals surface area contributed by atoms with Gasteiger partial charge in [-0.05, 0) is 19.8 Å². The van der Waals surface area contributed by atoms with Crippen molar-refractivity contribution >= 4 is 5.82 Å². The highest BCUT2D eigenvalue weighted by Gasteiger charge is 2.24. The van der Waals surface area contributed by atoms with Gasteiger partial charge in [0.1, 0.15) is 17.3 Å². The predicted molar refractivity (Wildman–Crippen MR) is 79.0 cm³/mol. The lowest BCUT2D eigenvalue weighted by Crippen LogP contribution is -2.05. The molecular weight excluding hydrogens is 234 g/mol. The van der Waals surface area contributed by atoms with E-state index >= 15 is 0 Å². The molecule has 0 radical (unpaired) electrons. The lowest BCUT2D eigenvalue weighted by Gasteiger charge is -2.08. The van der Waals surface area contributed by atoms with Crippen molar-refractivity contribution in [1.29, 1.82) is 0 Å². The zero-order valence-corrected chi connectivity index (χ0v) is 11.7. The van der Waals surface area contributed by atoms with Gasteiger partial charge in [0, 0.05) is 18.5 Å². The first-order chi connectivity index (χ1) is 9.16. The van der Waals surface area contributed by atoms with Crippen LogP contribution in [0.3, 0.4) is 0 Å². The summed E-state index contributed by atoms with van der Waals surface area (Å²) in [5.74, 6) is 2.53. The van der Waals surface area contributed by atoms with Crippen molar-refractivity contribution in [2.24, 2.45) is 7.05 Å². The maximum absolute atomic E-state index is 6.24. The van der Waals surface area contributed by atoms with Gasteiger partial charge in [-0.2, -0.15) is 0 Å². The fourth-order valence-corrected chi connectivity index (χ4v) is 3.00. The highest BCUT2D eigenvalue weighted by molar-refractivity contribution is 5.71. The molecule has 2 aromatic rings. The molecule has 19 heavy (non-hydrogen) atoms. The summed E-state index contributed by atoms with van der Waals surface area (Å²) < 4.78 is 2.07. The van der Waals surface area contributed by atoms with Gasteiger partial charge in [-0.15, -0.1) is 0 Å². The van der Waals surface area contributed by atoms with Gasteiger partial charge in [-0.3, -0.25) is 0 Å². The normalized spacial score (nSPS) is 16.1. The summed E-state index contributed by atoms with van der Waals surface area (Å²) in [6.07, 6.45) is 5.13. The summed E-state index contributed by atoms with van der Waals surface area (Å²) in [7, 11) is 2.04. The molecule has 100 valence electrons. The average molecular weight is 255 g/mol. The summed E-state index contributed by atoms with van der Waals surface area (Å²) in [6.45, 7) is 2.09. The first-order valence-electron chi connectivity index (χ1n) is 7.06. The molecule has 0 spiro atoms. The van der Waals surface area contributed by atoms with Gasteiger partial charge >= 0.3 is 0 Å². The average Bonchev–Trinajstić information content (AvgIpc) is 3.02. The molecule has 0 amide bonds. The molecule has 3 rings (SSSR count). The fourth-order valence-electron chi connectivity index (χ4n) is 3.00. The molecule has 1 aliphatic rings. The first kappa shape index (κ1) is 12.3. The van der Waals surface area contributed by atoms with Crippen LogP contribution in [0, 0.1) is 6.92 Å². The Labute approximate surface area is 114 Å². The van der Waals surface area contributed by atoms with E-state index in [1.807, 2.05) is 7.05 Å². The predicted octanol–water partition coefficient (Wildman–Crippen LogP) is 3.64. The number of nitrogens with two attached hydrogens (primary N) is 1. The minimum absolute atomic E-state index is 0.589. The lowest BCUT2D eigenvalue weighted by atomic mass is 10.1. The van der Waals surface area contributed by atoms with Crippen molar-refractivity contribution in [1.82, 2.24) is 9.55 Å². The third kappa shape index (κ3) is 2.14. The van der Waals surface area contributed by atoms with E-state index in [4.69, 9.17) is 10.7 Å².